The second-order valence-corrected chi connectivity index (χ2v) is 5.33. The first-order valence-corrected chi connectivity index (χ1v) is 6.46. The molecule has 0 aliphatic heterocycles. The predicted octanol–water partition coefficient (Wildman–Crippen LogP) is 4.16. The van der Waals surface area contributed by atoms with Gasteiger partial charge < -0.3 is 0 Å². The van der Waals surface area contributed by atoms with Crippen molar-refractivity contribution < 1.29 is 4.39 Å². The van der Waals surface area contributed by atoms with Crippen molar-refractivity contribution in [3.63, 3.8) is 0 Å². The number of nitrogens with one attached hydrogen (secondary N) is 1. The van der Waals surface area contributed by atoms with Gasteiger partial charge in [0.15, 0.2) is 0 Å². The molecule has 1 heterocycles. The summed E-state index contributed by atoms with van der Waals surface area (Å²) in [5.41, 5.74) is 3.40. The molecule has 0 amide bonds. The lowest BCUT2D eigenvalue weighted by atomic mass is 10.1. The number of halogens is 2. The fourth-order valence-corrected chi connectivity index (χ4v) is 2.65. The largest absolute Gasteiger partial charge is 0.280 e. The molecule has 0 unspecified atom stereocenters. The maximum atomic E-state index is 13.5. The monoisotopic (exact) mass is 294 g/mol. The highest BCUT2D eigenvalue weighted by Gasteiger charge is 2.29. The first-order valence-electron chi connectivity index (χ1n) is 5.67. The number of hydrogen-bond donors (Lipinski definition) is 1. The van der Waals surface area contributed by atoms with Crippen LogP contribution in [0, 0.1) is 12.7 Å². The zero-order chi connectivity index (χ0) is 12.0. The van der Waals surface area contributed by atoms with Gasteiger partial charge in [-0.1, -0.05) is 12.1 Å². The Bertz CT molecular complexity index is 573. The van der Waals surface area contributed by atoms with Crippen molar-refractivity contribution in [2.24, 2.45) is 0 Å². The van der Waals surface area contributed by atoms with Crippen LogP contribution in [-0.4, -0.2) is 10.2 Å². The van der Waals surface area contributed by atoms with Crippen molar-refractivity contribution in [3.05, 3.63) is 39.7 Å². The van der Waals surface area contributed by atoms with Crippen LogP contribution in [0.5, 0.6) is 0 Å². The number of H-pyrrole nitrogens is 1. The van der Waals surface area contributed by atoms with Crippen LogP contribution >= 0.6 is 15.9 Å². The molecule has 4 heteroatoms. The molecule has 1 aliphatic carbocycles. The molecule has 1 saturated carbocycles. The minimum atomic E-state index is -0.189. The van der Waals surface area contributed by atoms with Crippen molar-refractivity contribution in [1.82, 2.24) is 10.2 Å². The summed E-state index contributed by atoms with van der Waals surface area (Å²) in [6, 6.07) is 5.21. The van der Waals surface area contributed by atoms with Crippen LogP contribution in [0.2, 0.25) is 0 Å². The maximum Gasteiger partial charge on any atom is 0.126 e. The molecule has 0 radical (unpaired) electrons. The Labute approximate surface area is 107 Å². The van der Waals surface area contributed by atoms with Crippen molar-refractivity contribution >= 4 is 15.9 Å². The zero-order valence-corrected chi connectivity index (χ0v) is 11.0. The number of benzene rings is 1. The molecule has 0 spiro atoms. The van der Waals surface area contributed by atoms with Crippen LogP contribution in [0.15, 0.2) is 22.7 Å². The molecule has 0 saturated heterocycles. The Morgan fingerprint density at radius 1 is 1.41 bits per heavy atom. The van der Waals surface area contributed by atoms with Crippen molar-refractivity contribution in [2.75, 3.05) is 0 Å². The van der Waals surface area contributed by atoms with Crippen LogP contribution in [-0.2, 0) is 0 Å². The van der Waals surface area contributed by atoms with E-state index in [9.17, 15) is 4.39 Å². The summed E-state index contributed by atoms with van der Waals surface area (Å²) >= 11 is 3.56. The van der Waals surface area contributed by atoms with E-state index in [4.69, 9.17) is 0 Å². The topological polar surface area (TPSA) is 28.7 Å². The molecule has 2 nitrogen and oxygen atoms in total. The minimum absolute atomic E-state index is 0.189. The van der Waals surface area contributed by atoms with Gasteiger partial charge in [0.1, 0.15) is 11.5 Å². The first-order chi connectivity index (χ1) is 8.16. The van der Waals surface area contributed by atoms with Crippen molar-refractivity contribution in [2.45, 2.75) is 25.7 Å². The Hall–Kier alpha value is -1.16. The van der Waals surface area contributed by atoms with Crippen molar-refractivity contribution in [1.29, 1.82) is 0 Å². The summed E-state index contributed by atoms with van der Waals surface area (Å²) in [5, 5.41) is 7.33. The lowest BCUT2D eigenvalue weighted by Crippen LogP contribution is -1.85. The number of aromatic amines is 1. The number of aryl methyl sites for hydroxylation is 1. The van der Waals surface area contributed by atoms with E-state index in [1.807, 2.05) is 6.07 Å². The molecule has 0 bridgehead atoms. The summed E-state index contributed by atoms with van der Waals surface area (Å²) in [5.74, 6) is 0.409. The van der Waals surface area contributed by atoms with E-state index in [1.165, 1.54) is 18.9 Å². The van der Waals surface area contributed by atoms with Gasteiger partial charge in [0.05, 0.1) is 10.2 Å². The van der Waals surface area contributed by atoms with E-state index in [1.54, 1.807) is 13.0 Å². The zero-order valence-electron chi connectivity index (χ0n) is 9.43. The average Bonchev–Trinajstić information content (AvgIpc) is 3.07. The fraction of sp³-hybridized carbons (Fsp3) is 0.308. The van der Waals surface area contributed by atoms with Crippen LogP contribution < -0.4 is 0 Å². The third-order valence-electron chi connectivity index (χ3n) is 3.16. The molecular formula is C13H12BrFN2. The highest BCUT2D eigenvalue weighted by molar-refractivity contribution is 9.10. The Balaban J connectivity index is 2.05. The number of aromatic nitrogens is 2. The number of nitrogens with zero attached hydrogens (tertiary/aromatic N) is 1. The van der Waals surface area contributed by atoms with Crippen LogP contribution in [0.25, 0.3) is 11.3 Å². The second kappa shape index (κ2) is 3.95. The molecule has 1 N–H and O–H groups in total. The van der Waals surface area contributed by atoms with E-state index in [0.717, 1.165) is 21.4 Å². The normalized spacial score (nSPS) is 15.2. The van der Waals surface area contributed by atoms with Gasteiger partial charge in [0.25, 0.3) is 0 Å². The molecule has 0 atom stereocenters. The van der Waals surface area contributed by atoms with Gasteiger partial charge >= 0.3 is 0 Å². The smallest absolute Gasteiger partial charge is 0.126 e. The SMILES string of the molecule is Cc1ccc(-c2n[nH]c(C3CC3)c2Br)cc1F. The fourth-order valence-electron chi connectivity index (χ4n) is 1.92. The lowest BCUT2D eigenvalue weighted by Gasteiger charge is -2.01. The predicted molar refractivity (Wildman–Crippen MR) is 68.4 cm³/mol. The van der Waals surface area contributed by atoms with E-state index in [2.05, 4.69) is 26.1 Å². The highest BCUT2D eigenvalue weighted by atomic mass is 79.9. The highest BCUT2D eigenvalue weighted by Crippen LogP contribution is 2.44. The van der Waals surface area contributed by atoms with Crippen LogP contribution in [0.1, 0.15) is 30.0 Å². The van der Waals surface area contributed by atoms with Crippen LogP contribution in [0.4, 0.5) is 4.39 Å². The Morgan fingerprint density at radius 2 is 2.18 bits per heavy atom. The summed E-state index contributed by atoms with van der Waals surface area (Å²) in [6.45, 7) is 1.76. The molecular weight excluding hydrogens is 283 g/mol. The first kappa shape index (κ1) is 11.0. The summed E-state index contributed by atoms with van der Waals surface area (Å²) < 4.78 is 14.5. The Morgan fingerprint density at radius 3 is 2.82 bits per heavy atom. The lowest BCUT2D eigenvalue weighted by molar-refractivity contribution is 0.619. The summed E-state index contributed by atoms with van der Waals surface area (Å²) in [4.78, 5) is 0. The van der Waals surface area contributed by atoms with E-state index >= 15 is 0 Å². The van der Waals surface area contributed by atoms with Gasteiger partial charge in [-0.3, -0.25) is 5.10 Å². The standard InChI is InChI=1S/C13H12BrFN2/c1-7-2-3-9(6-10(7)15)13-11(14)12(16-17-13)8-4-5-8/h2-3,6,8H,4-5H2,1H3,(H,16,17). The van der Waals surface area contributed by atoms with Crippen molar-refractivity contribution in [3.8, 4) is 11.3 Å². The average molecular weight is 295 g/mol. The maximum absolute atomic E-state index is 13.5. The second-order valence-electron chi connectivity index (χ2n) is 4.54. The number of hydrogen-bond acceptors (Lipinski definition) is 1. The summed E-state index contributed by atoms with van der Waals surface area (Å²) in [7, 11) is 0. The molecule has 1 aromatic heterocycles. The quantitative estimate of drug-likeness (QED) is 0.885. The molecule has 3 rings (SSSR count). The molecule has 17 heavy (non-hydrogen) atoms. The minimum Gasteiger partial charge on any atom is -0.280 e. The van der Waals surface area contributed by atoms with Gasteiger partial charge in [-0.15, -0.1) is 0 Å². The molecule has 2 aromatic rings. The van der Waals surface area contributed by atoms with Gasteiger partial charge in [0.2, 0.25) is 0 Å². The van der Waals surface area contributed by atoms with Crippen LogP contribution in [0.3, 0.4) is 0 Å². The van der Waals surface area contributed by atoms with Gasteiger partial charge in [0, 0.05) is 11.5 Å². The molecule has 88 valence electrons. The van der Waals surface area contributed by atoms with E-state index in [-0.39, 0.29) is 5.82 Å². The number of rotatable bonds is 2. The molecule has 1 aliphatic rings. The van der Waals surface area contributed by atoms with E-state index < -0.39 is 0 Å². The third kappa shape index (κ3) is 1.90. The Kier molecular flexibility index (Phi) is 2.54. The molecule has 1 aromatic carbocycles. The van der Waals surface area contributed by atoms with E-state index in [0.29, 0.717) is 11.5 Å². The van der Waals surface area contributed by atoms with Gasteiger partial charge in [-0.2, -0.15) is 5.10 Å². The summed E-state index contributed by atoms with van der Waals surface area (Å²) in [6.07, 6.45) is 2.42. The van der Waals surface area contributed by atoms with Gasteiger partial charge in [-0.05, 0) is 47.3 Å². The molecule has 1 fully saturated rings. The third-order valence-corrected chi connectivity index (χ3v) is 3.97. The van der Waals surface area contributed by atoms with Gasteiger partial charge in [-0.25, -0.2) is 4.39 Å².